The Morgan fingerprint density at radius 3 is 2.29 bits per heavy atom. The Hall–Kier alpha value is -2.14. The molecule has 1 atom stereocenters. The second-order valence-electron chi connectivity index (χ2n) is 5.99. The average molecular weight is 336 g/mol. The van der Waals surface area contributed by atoms with E-state index in [9.17, 15) is 18.0 Å². The molecule has 2 aromatic carbocycles. The van der Waals surface area contributed by atoms with Gasteiger partial charge in [0.25, 0.3) is 0 Å². The molecule has 0 fully saturated rings. The third-order valence-corrected chi connectivity index (χ3v) is 3.95. The van der Waals surface area contributed by atoms with E-state index in [-0.39, 0.29) is 19.6 Å². The minimum absolute atomic E-state index is 0.0607. The third-order valence-electron chi connectivity index (χ3n) is 3.95. The number of hydrogen-bond donors (Lipinski definition) is 0. The van der Waals surface area contributed by atoms with Gasteiger partial charge in [0.05, 0.1) is 18.8 Å². The van der Waals surface area contributed by atoms with Crippen LogP contribution in [0, 0.1) is 0 Å². The summed E-state index contributed by atoms with van der Waals surface area (Å²) < 4.78 is 43.8. The predicted molar refractivity (Wildman–Crippen MR) is 85.6 cm³/mol. The summed E-state index contributed by atoms with van der Waals surface area (Å²) in [6, 6.07) is 14.5. The molecule has 0 N–H and O–H groups in total. The normalized spacial score (nSPS) is 14.2. The monoisotopic (exact) mass is 336 g/mol. The molecule has 0 aliphatic heterocycles. The number of rotatable bonds is 7. The van der Waals surface area contributed by atoms with Crippen molar-refractivity contribution in [3.8, 4) is 0 Å². The molecule has 2 aromatic rings. The van der Waals surface area contributed by atoms with Crippen molar-refractivity contribution in [1.29, 1.82) is 0 Å². The number of carbonyl (C=O) groups excluding carboxylic acids is 1. The SMILES string of the molecule is C[C@](CC=O)(COCc1cccc(C(F)(F)F)c1)c1ccccc1. The Morgan fingerprint density at radius 2 is 1.67 bits per heavy atom. The smallest absolute Gasteiger partial charge is 0.376 e. The van der Waals surface area contributed by atoms with Crippen molar-refractivity contribution in [3.63, 3.8) is 0 Å². The van der Waals surface area contributed by atoms with Crippen LogP contribution in [0.15, 0.2) is 54.6 Å². The molecule has 0 amide bonds. The maximum Gasteiger partial charge on any atom is 0.416 e. The molecule has 2 rings (SSSR count). The first-order chi connectivity index (χ1) is 11.3. The van der Waals surface area contributed by atoms with Crippen molar-refractivity contribution < 1.29 is 22.7 Å². The summed E-state index contributed by atoms with van der Waals surface area (Å²) in [6.07, 6.45) is -3.26. The minimum atomic E-state index is -4.37. The summed E-state index contributed by atoms with van der Waals surface area (Å²) in [6.45, 7) is 2.21. The molecule has 0 aliphatic carbocycles. The lowest BCUT2D eigenvalue weighted by Crippen LogP contribution is -2.29. The molecule has 0 aliphatic rings. The number of ether oxygens (including phenoxy) is 1. The van der Waals surface area contributed by atoms with E-state index in [2.05, 4.69) is 0 Å². The highest BCUT2D eigenvalue weighted by atomic mass is 19.4. The van der Waals surface area contributed by atoms with E-state index in [1.54, 1.807) is 6.07 Å². The van der Waals surface area contributed by atoms with Crippen LogP contribution in [0.2, 0.25) is 0 Å². The van der Waals surface area contributed by atoms with Crippen LogP contribution in [-0.4, -0.2) is 12.9 Å². The van der Waals surface area contributed by atoms with Crippen molar-refractivity contribution in [2.24, 2.45) is 0 Å². The molecule has 0 heterocycles. The highest BCUT2D eigenvalue weighted by molar-refractivity contribution is 5.53. The summed E-state index contributed by atoms with van der Waals surface area (Å²) in [5.41, 5.74) is 0.208. The first-order valence-corrected chi connectivity index (χ1v) is 7.58. The van der Waals surface area contributed by atoms with E-state index in [1.807, 2.05) is 37.3 Å². The molecule has 128 valence electrons. The predicted octanol–water partition coefficient (Wildman–Crippen LogP) is 4.77. The van der Waals surface area contributed by atoms with E-state index in [4.69, 9.17) is 4.74 Å². The Balaban J connectivity index is 2.05. The quantitative estimate of drug-likeness (QED) is 0.681. The van der Waals surface area contributed by atoms with Crippen LogP contribution in [0.1, 0.15) is 30.0 Å². The van der Waals surface area contributed by atoms with Crippen molar-refractivity contribution >= 4 is 6.29 Å². The van der Waals surface area contributed by atoms with E-state index >= 15 is 0 Å². The van der Waals surface area contributed by atoms with Gasteiger partial charge in [0.2, 0.25) is 0 Å². The highest BCUT2D eigenvalue weighted by Crippen LogP contribution is 2.30. The van der Waals surface area contributed by atoms with Crippen molar-refractivity contribution in [2.75, 3.05) is 6.61 Å². The zero-order valence-corrected chi connectivity index (χ0v) is 13.3. The zero-order chi connectivity index (χ0) is 17.6. The van der Waals surface area contributed by atoms with Gasteiger partial charge in [-0.15, -0.1) is 0 Å². The molecule has 0 saturated carbocycles. The molecule has 0 radical (unpaired) electrons. The van der Waals surface area contributed by atoms with E-state index < -0.39 is 17.2 Å². The van der Waals surface area contributed by atoms with Gasteiger partial charge >= 0.3 is 6.18 Å². The van der Waals surface area contributed by atoms with Crippen LogP contribution < -0.4 is 0 Å². The van der Waals surface area contributed by atoms with E-state index in [0.717, 1.165) is 24.0 Å². The van der Waals surface area contributed by atoms with Crippen LogP contribution >= 0.6 is 0 Å². The Bertz CT molecular complexity index is 668. The van der Waals surface area contributed by atoms with Crippen molar-refractivity contribution in [3.05, 3.63) is 71.3 Å². The summed E-state index contributed by atoms with van der Waals surface area (Å²) in [5, 5.41) is 0. The zero-order valence-electron chi connectivity index (χ0n) is 13.3. The largest absolute Gasteiger partial charge is 0.416 e. The molecule has 2 nitrogen and oxygen atoms in total. The first kappa shape index (κ1) is 18.2. The number of halogens is 3. The molecular weight excluding hydrogens is 317 g/mol. The lowest BCUT2D eigenvalue weighted by Gasteiger charge is -2.28. The van der Waals surface area contributed by atoms with Gasteiger partial charge in [0.1, 0.15) is 6.29 Å². The topological polar surface area (TPSA) is 26.3 Å². The van der Waals surface area contributed by atoms with Gasteiger partial charge in [0.15, 0.2) is 0 Å². The molecule has 0 bridgehead atoms. The molecule has 0 spiro atoms. The van der Waals surface area contributed by atoms with Crippen LogP contribution in [0.3, 0.4) is 0 Å². The van der Waals surface area contributed by atoms with Gasteiger partial charge < -0.3 is 9.53 Å². The molecule has 5 heteroatoms. The second kappa shape index (κ2) is 7.62. The standard InChI is InChI=1S/C19H19F3O2/c1-18(10-11-23,16-7-3-2-4-8-16)14-24-13-15-6-5-9-17(12-15)19(20,21)22/h2-9,11-12H,10,13-14H2,1H3/t18-/m0/s1. The number of carbonyl (C=O) groups is 1. The average Bonchev–Trinajstić information content (AvgIpc) is 2.55. The van der Waals surface area contributed by atoms with Crippen molar-refractivity contribution in [1.82, 2.24) is 0 Å². The Kier molecular flexibility index (Phi) is 5.78. The van der Waals surface area contributed by atoms with Gasteiger partial charge in [0, 0.05) is 11.8 Å². The van der Waals surface area contributed by atoms with Crippen LogP contribution in [0.4, 0.5) is 13.2 Å². The highest BCUT2D eigenvalue weighted by Gasteiger charge is 2.30. The molecule has 0 saturated heterocycles. The molecule has 0 aromatic heterocycles. The van der Waals surface area contributed by atoms with Gasteiger partial charge in [-0.3, -0.25) is 0 Å². The van der Waals surface area contributed by atoms with Crippen LogP contribution in [0.25, 0.3) is 0 Å². The fraction of sp³-hybridized carbons (Fsp3) is 0.316. The minimum Gasteiger partial charge on any atom is -0.376 e. The van der Waals surface area contributed by atoms with Crippen LogP contribution in [0.5, 0.6) is 0 Å². The van der Waals surface area contributed by atoms with Crippen molar-refractivity contribution in [2.45, 2.75) is 31.5 Å². The summed E-state index contributed by atoms with van der Waals surface area (Å²) in [5.74, 6) is 0. The second-order valence-corrected chi connectivity index (χ2v) is 5.99. The summed E-state index contributed by atoms with van der Waals surface area (Å²) in [4.78, 5) is 11.0. The Morgan fingerprint density at radius 1 is 1.00 bits per heavy atom. The fourth-order valence-electron chi connectivity index (χ4n) is 2.52. The van der Waals surface area contributed by atoms with E-state index in [1.165, 1.54) is 6.07 Å². The lowest BCUT2D eigenvalue weighted by molar-refractivity contribution is -0.137. The summed E-state index contributed by atoms with van der Waals surface area (Å²) >= 11 is 0. The third kappa shape index (κ3) is 4.68. The maximum atomic E-state index is 12.7. The number of hydrogen-bond acceptors (Lipinski definition) is 2. The van der Waals surface area contributed by atoms with E-state index in [0.29, 0.717) is 5.56 Å². The molecular formula is C19H19F3O2. The van der Waals surface area contributed by atoms with Gasteiger partial charge in [-0.1, -0.05) is 49.4 Å². The maximum absolute atomic E-state index is 12.7. The fourth-order valence-corrected chi connectivity index (χ4v) is 2.52. The lowest BCUT2D eigenvalue weighted by atomic mass is 9.81. The molecule has 24 heavy (non-hydrogen) atoms. The van der Waals surface area contributed by atoms with Crippen LogP contribution in [-0.2, 0) is 27.7 Å². The molecule has 0 unspecified atom stereocenters. The van der Waals surface area contributed by atoms with Gasteiger partial charge in [-0.25, -0.2) is 0 Å². The summed E-state index contributed by atoms with van der Waals surface area (Å²) in [7, 11) is 0. The number of alkyl halides is 3. The number of aldehydes is 1. The van der Waals surface area contributed by atoms with Gasteiger partial charge in [-0.05, 0) is 23.3 Å². The van der Waals surface area contributed by atoms with Gasteiger partial charge in [-0.2, -0.15) is 13.2 Å². The first-order valence-electron chi connectivity index (χ1n) is 7.58. The number of benzene rings is 2. The Labute approximate surface area is 139 Å².